The van der Waals surface area contributed by atoms with Gasteiger partial charge >= 0.3 is 0 Å². The third-order valence-corrected chi connectivity index (χ3v) is 8.17. The lowest BCUT2D eigenvalue weighted by Crippen LogP contribution is -1.92. The average Bonchev–Trinajstić information content (AvgIpc) is 3.08. The first-order valence-corrected chi connectivity index (χ1v) is 14.2. The highest BCUT2D eigenvalue weighted by Gasteiger charge is 2.16. The Hall–Kier alpha value is -5.60. The molecule has 6 aromatic carbocycles. The lowest BCUT2D eigenvalue weighted by atomic mass is 9.89. The second-order valence-electron chi connectivity index (χ2n) is 10.6. The predicted molar refractivity (Wildman–Crippen MR) is 176 cm³/mol. The molecule has 0 aliphatic carbocycles. The minimum atomic E-state index is 0.972. The fourth-order valence-electron chi connectivity index (χ4n) is 6.15. The SMILES string of the molecule is c1ccc(-c2ccnc(-c3cc4c5ccccc5c(-c5cc(-c6ccccc6)ccn5)cc4c4ccccc34)c2)cc1. The Kier molecular flexibility index (Phi) is 5.82. The van der Waals surface area contributed by atoms with Crippen LogP contribution in [0.1, 0.15) is 0 Å². The van der Waals surface area contributed by atoms with Gasteiger partial charge in [0.1, 0.15) is 0 Å². The molecule has 0 bridgehead atoms. The zero-order valence-electron chi connectivity index (χ0n) is 22.9. The molecule has 0 atom stereocenters. The Labute approximate surface area is 244 Å². The third kappa shape index (κ3) is 4.13. The van der Waals surface area contributed by atoms with E-state index in [1.54, 1.807) is 0 Å². The van der Waals surface area contributed by atoms with E-state index < -0.39 is 0 Å². The normalized spacial score (nSPS) is 11.3. The molecule has 0 radical (unpaired) electrons. The van der Waals surface area contributed by atoms with Gasteiger partial charge < -0.3 is 0 Å². The predicted octanol–water partition coefficient (Wildman–Crippen LogP) is 10.6. The zero-order valence-corrected chi connectivity index (χ0v) is 22.9. The molecule has 0 fully saturated rings. The number of hydrogen-bond donors (Lipinski definition) is 0. The van der Waals surface area contributed by atoms with Gasteiger partial charge in [0.2, 0.25) is 0 Å². The van der Waals surface area contributed by atoms with Crippen LogP contribution in [0, 0.1) is 0 Å². The van der Waals surface area contributed by atoms with Crippen molar-refractivity contribution in [2.45, 2.75) is 0 Å². The van der Waals surface area contributed by atoms with Crippen LogP contribution in [0.3, 0.4) is 0 Å². The summed E-state index contributed by atoms with van der Waals surface area (Å²) < 4.78 is 0. The maximum atomic E-state index is 4.87. The first kappa shape index (κ1) is 24.2. The molecule has 0 saturated heterocycles. The van der Waals surface area contributed by atoms with Crippen molar-refractivity contribution in [3.63, 3.8) is 0 Å². The van der Waals surface area contributed by atoms with Gasteiger partial charge in [0.25, 0.3) is 0 Å². The molecule has 0 aliphatic rings. The molecular formula is C40H26N2. The van der Waals surface area contributed by atoms with Gasteiger partial charge in [0, 0.05) is 23.5 Å². The molecule has 0 unspecified atom stereocenters. The lowest BCUT2D eigenvalue weighted by molar-refractivity contribution is 1.33. The summed E-state index contributed by atoms with van der Waals surface area (Å²) >= 11 is 0. The molecule has 42 heavy (non-hydrogen) atoms. The van der Waals surface area contributed by atoms with Gasteiger partial charge in [-0.05, 0) is 91.0 Å². The van der Waals surface area contributed by atoms with E-state index in [1.807, 2.05) is 12.4 Å². The fraction of sp³-hybridized carbons (Fsp3) is 0. The van der Waals surface area contributed by atoms with Crippen LogP contribution < -0.4 is 0 Å². The summed E-state index contributed by atoms with van der Waals surface area (Å²) in [6, 6.07) is 51.6. The van der Waals surface area contributed by atoms with Gasteiger partial charge in [-0.2, -0.15) is 0 Å². The van der Waals surface area contributed by atoms with Crippen molar-refractivity contribution in [1.82, 2.24) is 9.97 Å². The van der Waals surface area contributed by atoms with Gasteiger partial charge in [-0.3, -0.25) is 9.97 Å². The number of nitrogens with zero attached hydrogens (tertiary/aromatic N) is 2. The summed E-state index contributed by atoms with van der Waals surface area (Å²) in [6.07, 6.45) is 3.84. The number of rotatable bonds is 4. The van der Waals surface area contributed by atoms with Crippen LogP contribution in [0.4, 0.5) is 0 Å². The summed E-state index contributed by atoms with van der Waals surface area (Å²) in [5.41, 5.74) is 8.91. The van der Waals surface area contributed by atoms with E-state index in [1.165, 1.54) is 43.4 Å². The molecule has 2 heteroatoms. The first-order chi connectivity index (χ1) is 20.8. The molecule has 8 aromatic rings. The second-order valence-corrected chi connectivity index (χ2v) is 10.6. The van der Waals surface area contributed by atoms with E-state index in [4.69, 9.17) is 9.97 Å². The van der Waals surface area contributed by atoms with Crippen molar-refractivity contribution in [3.8, 4) is 44.8 Å². The molecule has 2 heterocycles. The van der Waals surface area contributed by atoms with Crippen molar-refractivity contribution in [2.75, 3.05) is 0 Å². The number of aromatic nitrogens is 2. The largest absolute Gasteiger partial charge is 0.256 e. The maximum absolute atomic E-state index is 4.87. The number of fused-ring (bicyclic) bond motifs is 5. The second kappa shape index (κ2) is 10.1. The van der Waals surface area contributed by atoms with E-state index >= 15 is 0 Å². The van der Waals surface area contributed by atoms with Crippen LogP contribution in [0.25, 0.3) is 77.1 Å². The highest BCUT2D eigenvalue weighted by Crippen LogP contribution is 2.41. The van der Waals surface area contributed by atoms with Crippen LogP contribution in [-0.2, 0) is 0 Å². The number of benzene rings is 6. The van der Waals surface area contributed by atoms with Gasteiger partial charge in [-0.15, -0.1) is 0 Å². The molecule has 0 saturated carbocycles. The average molecular weight is 535 g/mol. The molecule has 2 aromatic heterocycles. The Bertz CT molecular complexity index is 2070. The first-order valence-electron chi connectivity index (χ1n) is 14.2. The molecule has 0 amide bonds. The number of hydrogen-bond acceptors (Lipinski definition) is 2. The van der Waals surface area contributed by atoms with Crippen molar-refractivity contribution in [3.05, 3.63) is 158 Å². The van der Waals surface area contributed by atoms with Crippen LogP contribution >= 0.6 is 0 Å². The zero-order chi connectivity index (χ0) is 27.9. The smallest absolute Gasteiger partial charge is 0.0714 e. The minimum Gasteiger partial charge on any atom is -0.256 e. The van der Waals surface area contributed by atoms with E-state index in [0.29, 0.717) is 0 Å². The van der Waals surface area contributed by atoms with E-state index in [9.17, 15) is 0 Å². The summed E-state index contributed by atoms with van der Waals surface area (Å²) in [4.78, 5) is 9.73. The van der Waals surface area contributed by atoms with Gasteiger partial charge in [-0.25, -0.2) is 0 Å². The van der Waals surface area contributed by atoms with Crippen molar-refractivity contribution in [1.29, 1.82) is 0 Å². The van der Waals surface area contributed by atoms with Crippen LogP contribution in [0.15, 0.2) is 158 Å². The summed E-state index contributed by atoms with van der Waals surface area (Å²) in [6.45, 7) is 0. The van der Waals surface area contributed by atoms with Gasteiger partial charge in [-0.1, -0.05) is 109 Å². The van der Waals surface area contributed by atoms with Crippen LogP contribution in [0.5, 0.6) is 0 Å². The monoisotopic (exact) mass is 534 g/mol. The van der Waals surface area contributed by atoms with Gasteiger partial charge in [0.15, 0.2) is 0 Å². The molecule has 0 N–H and O–H groups in total. The van der Waals surface area contributed by atoms with Crippen molar-refractivity contribution < 1.29 is 0 Å². The standard InChI is InChI=1S/C40H26N2/c1-3-11-27(12-4-1)29-19-21-41-39(23-29)37-25-35-32-16-8-10-18-34(32)38(26-36(35)31-15-7-9-17-33(31)37)40-24-30(20-22-42-40)28-13-5-2-6-14-28/h1-26H. The maximum Gasteiger partial charge on any atom is 0.0714 e. The molecular weight excluding hydrogens is 508 g/mol. The van der Waals surface area contributed by atoms with Crippen molar-refractivity contribution in [2.24, 2.45) is 0 Å². The Morgan fingerprint density at radius 2 is 0.667 bits per heavy atom. The molecule has 0 aliphatic heterocycles. The highest BCUT2D eigenvalue weighted by molar-refractivity contribution is 6.23. The fourth-order valence-corrected chi connectivity index (χ4v) is 6.15. The molecule has 196 valence electrons. The number of pyridine rings is 2. The van der Waals surface area contributed by atoms with Gasteiger partial charge in [0.05, 0.1) is 11.4 Å². The molecule has 2 nitrogen and oxygen atoms in total. The van der Waals surface area contributed by atoms with E-state index in [-0.39, 0.29) is 0 Å². The summed E-state index contributed by atoms with van der Waals surface area (Å²) in [5, 5.41) is 7.24. The van der Waals surface area contributed by atoms with Crippen molar-refractivity contribution >= 4 is 32.3 Å². The Morgan fingerprint density at radius 3 is 1.10 bits per heavy atom. The Morgan fingerprint density at radius 1 is 0.286 bits per heavy atom. The Balaban J connectivity index is 1.39. The summed E-state index contributed by atoms with van der Waals surface area (Å²) in [7, 11) is 0. The third-order valence-electron chi connectivity index (χ3n) is 8.17. The molecule has 8 rings (SSSR count). The van der Waals surface area contributed by atoms with E-state index in [0.717, 1.165) is 33.6 Å². The van der Waals surface area contributed by atoms with Crippen LogP contribution in [-0.4, -0.2) is 9.97 Å². The quantitative estimate of drug-likeness (QED) is 0.210. The topological polar surface area (TPSA) is 25.8 Å². The van der Waals surface area contributed by atoms with E-state index in [2.05, 4.69) is 146 Å². The van der Waals surface area contributed by atoms with Crippen LogP contribution in [0.2, 0.25) is 0 Å². The highest BCUT2D eigenvalue weighted by atomic mass is 14.7. The molecule has 0 spiro atoms. The summed E-state index contributed by atoms with van der Waals surface area (Å²) in [5.74, 6) is 0. The lowest BCUT2D eigenvalue weighted by Gasteiger charge is -2.16. The minimum absolute atomic E-state index is 0.972.